The van der Waals surface area contributed by atoms with Crippen LogP contribution in [0.3, 0.4) is 0 Å². The lowest BCUT2D eigenvalue weighted by Gasteiger charge is -2.40. The van der Waals surface area contributed by atoms with Gasteiger partial charge in [-0.05, 0) is 60.0 Å². The molecule has 1 aliphatic rings. The summed E-state index contributed by atoms with van der Waals surface area (Å²) in [5.41, 5.74) is 0.999. The largest absolute Gasteiger partial charge is 0.457 e. The van der Waals surface area contributed by atoms with Crippen LogP contribution in [0.15, 0.2) is 78.9 Å². The maximum atomic E-state index is 14.0. The zero-order valence-corrected chi connectivity index (χ0v) is 21.7. The molecule has 0 bridgehead atoms. The maximum Gasteiger partial charge on any atom is 0.250 e. The van der Waals surface area contributed by atoms with E-state index in [9.17, 15) is 14.0 Å². The number of halogens is 2. The average Bonchev–Trinajstić information content (AvgIpc) is 2.93. The van der Waals surface area contributed by atoms with Gasteiger partial charge in [-0.3, -0.25) is 14.5 Å². The molecule has 0 spiro atoms. The molecule has 8 heteroatoms. The molecule has 6 nitrogen and oxygen atoms in total. The Bertz CT molecular complexity index is 1190. The average molecular weight is 524 g/mol. The fourth-order valence-electron chi connectivity index (χ4n) is 4.45. The molecular weight excluding hydrogens is 493 g/mol. The van der Waals surface area contributed by atoms with Crippen LogP contribution in [0.2, 0.25) is 0 Å². The molecular formula is C29H31ClFN3O3. The van der Waals surface area contributed by atoms with E-state index in [0.29, 0.717) is 48.3 Å². The van der Waals surface area contributed by atoms with Crippen LogP contribution in [0.25, 0.3) is 0 Å². The van der Waals surface area contributed by atoms with Crippen LogP contribution < -0.4 is 15.0 Å². The molecule has 37 heavy (non-hydrogen) atoms. The SMILES string of the molecule is CC(C)C1CN(C(=O)[C@@H](c2ccc(F)cc2)N(C(=O)CCl)c2ccc(Oc3ccccc3)cc2)CCN1. The van der Waals surface area contributed by atoms with Crippen LogP contribution in [0, 0.1) is 11.7 Å². The zero-order valence-electron chi connectivity index (χ0n) is 20.9. The molecule has 4 rings (SSSR count). The van der Waals surface area contributed by atoms with Crippen LogP contribution in [0.1, 0.15) is 25.5 Å². The molecule has 0 aliphatic carbocycles. The van der Waals surface area contributed by atoms with Gasteiger partial charge >= 0.3 is 0 Å². The number of carbonyl (C=O) groups is 2. The van der Waals surface area contributed by atoms with E-state index in [4.69, 9.17) is 16.3 Å². The first-order chi connectivity index (χ1) is 17.9. The molecule has 1 aliphatic heterocycles. The van der Waals surface area contributed by atoms with Crippen LogP contribution in [0.4, 0.5) is 10.1 Å². The standard InChI is InChI=1S/C29H31ClFN3O3/c1-20(2)26-19-33(17-16-32-26)29(36)28(21-8-10-22(31)11-9-21)34(27(35)18-30)23-12-14-25(15-13-23)37-24-6-4-3-5-7-24/h3-15,20,26,28,32H,16-19H2,1-2H3/t26?,28-/m1/s1. The smallest absolute Gasteiger partial charge is 0.250 e. The van der Waals surface area contributed by atoms with Crippen molar-refractivity contribution in [2.75, 3.05) is 30.4 Å². The molecule has 0 radical (unpaired) electrons. The maximum absolute atomic E-state index is 14.0. The number of alkyl halides is 1. The van der Waals surface area contributed by atoms with Crippen molar-refractivity contribution < 1.29 is 18.7 Å². The second-order valence-electron chi connectivity index (χ2n) is 9.35. The number of ether oxygens (including phenoxy) is 1. The summed E-state index contributed by atoms with van der Waals surface area (Å²) >= 11 is 6.04. The van der Waals surface area contributed by atoms with Gasteiger partial charge in [0.15, 0.2) is 0 Å². The summed E-state index contributed by atoms with van der Waals surface area (Å²) in [6, 6.07) is 21.1. The molecule has 2 amide bonds. The summed E-state index contributed by atoms with van der Waals surface area (Å²) < 4.78 is 19.7. The normalized spacial score (nSPS) is 16.4. The van der Waals surface area contributed by atoms with Gasteiger partial charge in [0, 0.05) is 31.4 Å². The molecule has 1 fully saturated rings. The van der Waals surface area contributed by atoms with Gasteiger partial charge in [0.05, 0.1) is 0 Å². The Morgan fingerprint density at radius 2 is 1.68 bits per heavy atom. The number of anilines is 1. The number of amides is 2. The van der Waals surface area contributed by atoms with Gasteiger partial charge < -0.3 is 15.0 Å². The summed E-state index contributed by atoms with van der Waals surface area (Å²) in [4.78, 5) is 30.5. The highest BCUT2D eigenvalue weighted by atomic mass is 35.5. The van der Waals surface area contributed by atoms with Gasteiger partial charge in [-0.2, -0.15) is 0 Å². The van der Waals surface area contributed by atoms with E-state index in [2.05, 4.69) is 19.2 Å². The van der Waals surface area contributed by atoms with Crippen molar-refractivity contribution in [3.05, 3.63) is 90.2 Å². The molecule has 3 aromatic rings. The number of hydrogen-bond donors (Lipinski definition) is 1. The van der Waals surface area contributed by atoms with Crippen LogP contribution in [-0.4, -0.2) is 48.3 Å². The highest BCUT2D eigenvalue weighted by Gasteiger charge is 2.37. The molecule has 1 saturated heterocycles. The fraction of sp³-hybridized carbons (Fsp3) is 0.310. The second-order valence-corrected chi connectivity index (χ2v) is 9.62. The van der Waals surface area contributed by atoms with Gasteiger partial charge in [0.25, 0.3) is 5.91 Å². The molecule has 3 aromatic carbocycles. The van der Waals surface area contributed by atoms with Crippen LogP contribution in [-0.2, 0) is 9.59 Å². The first-order valence-electron chi connectivity index (χ1n) is 12.4. The number of nitrogens with zero attached hydrogens (tertiary/aromatic N) is 2. The monoisotopic (exact) mass is 523 g/mol. The van der Waals surface area contributed by atoms with Crippen LogP contribution >= 0.6 is 11.6 Å². The van der Waals surface area contributed by atoms with Gasteiger partial charge in [-0.25, -0.2) is 4.39 Å². The topological polar surface area (TPSA) is 61.9 Å². The number of rotatable bonds is 8. The number of carbonyl (C=O) groups excluding carboxylic acids is 2. The zero-order chi connectivity index (χ0) is 26.4. The summed E-state index contributed by atoms with van der Waals surface area (Å²) in [6.45, 7) is 5.88. The predicted molar refractivity (Wildman–Crippen MR) is 144 cm³/mol. The Morgan fingerprint density at radius 3 is 2.30 bits per heavy atom. The van der Waals surface area contributed by atoms with Gasteiger partial charge in [-0.1, -0.05) is 44.2 Å². The van der Waals surface area contributed by atoms with Crippen molar-refractivity contribution in [2.45, 2.75) is 25.9 Å². The molecule has 1 unspecified atom stereocenters. The minimum atomic E-state index is -1.00. The van der Waals surface area contributed by atoms with E-state index in [1.165, 1.54) is 17.0 Å². The third kappa shape index (κ3) is 6.48. The van der Waals surface area contributed by atoms with E-state index in [-0.39, 0.29) is 17.8 Å². The van der Waals surface area contributed by atoms with Crippen molar-refractivity contribution in [2.24, 2.45) is 5.92 Å². The quantitative estimate of drug-likeness (QED) is 0.402. The molecule has 0 saturated carbocycles. The number of piperazine rings is 1. The second kappa shape index (κ2) is 12.2. The first kappa shape index (κ1) is 26.6. The number of hydrogen-bond acceptors (Lipinski definition) is 4. The summed E-state index contributed by atoms with van der Waals surface area (Å²) in [6.07, 6.45) is 0. The molecule has 1 heterocycles. The third-order valence-electron chi connectivity index (χ3n) is 6.48. The van der Waals surface area contributed by atoms with E-state index in [1.54, 1.807) is 41.3 Å². The lowest BCUT2D eigenvalue weighted by molar-refractivity contribution is -0.135. The first-order valence-corrected chi connectivity index (χ1v) is 12.9. The lowest BCUT2D eigenvalue weighted by Crippen LogP contribution is -2.57. The molecule has 2 atom stereocenters. The van der Waals surface area contributed by atoms with Crippen molar-refractivity contribution in [3.63, 3.8) is 0 Å². The van der Waals surface area contributed by atoms with Crippen molar-refractivity contribution in [1.29, 1.82) is 0 Å². The fourth-order valence-corrected chi connectivity index (χ4v) is 4.57. The summed E-state index contributed by atoms with van der Waals surface area (Å²) in [5, 5.41) is 3.45. The lowest BCUT2D eigenvalue weighted by atomic mass is 9.98. The van der Waals surface area contributed by atoms with Gasteiger partial charge in [0.1, 0.15) is 29.2 Å². The summed E-state index contributed by atoms with van der Waals surface area (Å²) in [5.74, 6) is 0.191. The number of para-hydroxylation sites is 1. The van der Waals surface area contributed by atoms with E-state index >= 15 is 0 Å². The van der Waals surface area contributed by atoms with E-state index < -0.39 is 17.8 Å². The van der Waals surface area contributed by atoms with Gasteiger partial charge in [0.2, 0.25) is 5.91 Å². The Labute approximate surface area is 222 Å². The summed E-state index contributed by atoms with van der Waals surface area (Å²) in [7, 11) is 0. The van der Waals surface area contributed by atoms with Crippen molar-refractivity contribution in [1.82, 2.24) is 10.2 Å². The number of nitrogens with one attached hydrogen (secondary N) is 1. The molecule has 1 N–H and O–H groups in total. The Morgan fingerprint density at radius 1 is 1.03 bits per heavy atom. The molecule has 194 valence electrons. The van der Waals surface area contributed by atoms with E-state index in [1.807, 2.05) is 30.3 Å². The minimum absolute atomic E-state index is 0.137. The Kier molecular flexibility index (Phi) is 8.79. The van der Waals surface area contributed by atoms with Gasteiger partial charge in [-0.15, -0.1) is 11.6 Å². The Balaban J connectivity index is 1.70. The number of benzene rings is 3. The predicted octanol–water partition coefficient (Wildman–Crippen LogP) is 5.39. The van der Waals surface area contributed by atoms with Crippen molar-refractivity contribution in [3.8, 4) is 11.5 Å². The third-order valence-corrected chi connectivity index (χ3v) is 6.71. The van der Waals surface area contributed by atoms with E-state index in [0.717, 1.165) is 0 Å². The Hall–Kier alpha value is -3.42. The van der Waals surface area contributed by atoms with Crippen LogP contribution in [0.5, 0.6) is 11.5 Å². The molecule has 0 aromatic heterocycles. The minimum Gasteiger partial charge on any atom is -0.457 e. The highest BCUT2D eigenvalue weighted by molar-refractivity contribution is 6.29. The van der Waals surface area contributed by atoms with Crippen molar-refractivity contribution >= 4 is 29.1 Å². The highest BCUT2D eigenvalue weighted by Crippen LogP contribution is 2.32.